The van der Waals surface area contributed by atoms with Crippen LogP contribution in [0.25, 0.3) is 0 Å². The van der Waals surface area contributed by atoms with Crippen LogP contribution in [0.5, 0.6) is 0 Å². The molecule has 0 spiro atoms. The van der Waals surface area contributed by atoms with Gasteiger partial charge in [0.15, 0.2) is 0 Å². The number of ether oxygens (including phenoxy) is 1. The number of hydrogen-bond acceptors (Lipinski definition) is 4. The molecule has 1 aliphatic heterocycles. The first-order valence-electron chi connectivity index (χ1n) is 8.08. The maximum absolute atomic E-state index is 12.6. The van der Waals surface area contributed by atoms with Crippen molar-refractivity contribution in [1.82, 2.24) is 24.6 Å². The second-order valence-electron chi connectivity index (χ2n) is 5.82. The highest BCUT2D eigenvalue weighted by Gasteiger charge is 2.35. The van der Waals surface area contributed by atoms with Crippen LogP contribution in [-0.2, 0) is 29.7 Å². The molecule has 124 valence electrons. The largest absolute Gasteiger partial charge is 0.369 e. The lowest BCUT2D eigenvalue weighted by Crippen LogP contribution is -2.38. The summed E-state index contributed by atoms with van der Waals surface area (Å²) in [7, 11) is 1.92. The molecule has 23 heavy (non-hydrogen) atoms. The molecule has 0 bridgehead atoms. The molecule has 0 saturated carbocycles. The van der Waals surface area contributed by atoms with Crippen molar-refractivity contribution < 1.29 is 9.53 Å². The monoisotopic (exact) mass is 317 g/mol. The van der Waals surface area contributed by atoms with E-state index in [2.05, 4.69) is 15.4 Å². The smallest absolute Gasteiger partial charge is 0.226 e. The van der Waals surface area contributed by atoms with Crippen LogP contribution < -0.4 is 5.32 Å². The summed E-state index contributed by atoms with van der Waals surface area (Å²) in [6.45, 7) is 3.97. The fourth-order valence-electron chi connectivity index (χ4n) is 2.94. The number of rotatable bonds is 5. The third-order valence-corrected chi connectivity index (χ3v) is 4.24. The van der Waals surface area contributed by atoms with Gasteiger partial charge in [-0.25, -0.2) is 4.98 Å². The third-order valence-electron chi connectivity index (χ3n) is 4.24. The standard InChI is InChI=1S/C16H23N5O2/c1-3-21-8-6-12(19-21)11-18-16(22)13-5-4-10-23-14(13)15-17-7-9-20(15)2/h6-9,13-14H,3-5,10-11H2,1-2H3,(H,18,22)/t13-,14-/m1/s1. The number of carbonyl (C=O) groups is 1. The molecule has 2 aromatic heterocycles. The van der Waals surface area contributed by atoms with E-state index in [1.165, 1.54) is 0 Å². The van der Waals surface area contributed by atoms with E-state index in [-0.39, 0.29) is 17.9 Å². The van der Waals surface area contributed by atoms with E-state index in [9.17, 15) is 4.79 Å². The molecule has 3 rings (SSSR count). The van der Waals surface area contributed by atoms with E-state index in [0.717, 1.165) is 30.9 Å². The van der Waals surface area contributed by atoms with Gasteiger partial charge in [0.25, 0.3) is 0 Å². The molecule has 2 atom stereocenters. The van der Waals surface area contributed by atoms with Crippen LogP contribution >= 0.6 is 0 Å². The Morgan fingerprint density at radius 3 is 3.04 bits per heavy atom. The Morgan fingerprint density at radius 2 is 2.35 bits per heavy atom. The first-order valence-corrected chi connectivity index (χ1v) is 8.08. The van der Waals surface area contributed by atoms with Crippen molar-refractivity contribution in [2.24, 2.45) is 13.0 Å². The molecule has 3 heterocycles. The maximum Gasteiger partial charge on any atom is 0.226 e. The van der Waals surface area contributed by atoms with Crippen molar-refractivity contribution >= 4 is 5.91 Å². The van der Waals surface area contributed by atoms with Gasteiger partial charge in [0, 0.05) is 38.8 Å². The van der Waals surface area contributed by atoms with Crippen LogP contribution in [0.3, 0.4) is 0 Å². The van der Waals surface area contributed by atoms with Crippen molar-refractivity contribution in [2.75, 3.05) is 6.61 Å². The Balaban J connectivity index is 1.65. The van der Waals surface area contributed by atoms with E-state index in [1.807, 2.05) is 41.7 Å². The zero-order chi connectivity index (χ0) is 16.2. The van der Waals surface area contributed by atoms with E-state index >= 15 is 0 Å². The summed E-state index contributed by atoms with van der Waals surface area (Å²) in [5.74, 6) is 0.599. The number of hydrogen-bond donors (Lipinski definition) is 1. The van der Waals surface area contributed by atoms with Crippen LogP contribution in [0.1, 0.15) is 37.4 Å². The van der Waals surface area contributed by atoms with Crippen molar-refractivity contribution in [2.45, 2.75) is 39.0 Å². The first-order chi connectivity index (χ1) is 11.2. The normalized spacial score (nSPS) is 21.3. The minimum absolute atomic E-state index is 0.00347. The lowest BCUT2D eigenvalue weighted by Gasteiger charge is -2.30. The van der Waals surface area contributed by atoms with Crippen molar-refractivity contribution in [3.8, 4) is 0 Å². The van der Waals surface area contributed by atoms with E-state index in [0.29, 0.717) is 13.2 Å². The highest BCUT2D eigenvalue weighted by molar-refractivity contribution is 5.79. The summed E-state index contributed by atoms with van der Waals surface area (Å²) in [6.07, 6.45) is 6.95. The number of imidazole rings is 1. The van der Waals surface area contributed by atoms with Crippen LogP contribution in [-0.4, -0.2) is 31.8 Å². The third kappa shape index (κ3) is 3.44. The number of nitrogens with one attached hydrogen (secondary N) is 1. The van der Waals surface area contributed by atoms with Gasteiger partial charge >= 0.3 is 0 Å². The molecule has 0 radical (unpaired) electrons. The van der Waals surface area contributed by atoms with Crippen LogP contribution in [0.4, 0.5) is 0 Å². The van der Waals surface area contributed by atoms with Gasteiger partial charge in [0.1, 0.15) is 11.9 Å². The highest BCUT2D eigenvalue weighted by Crippen LogP contribution is 2.32. The predicted octanol–water partition coefficient (Wildman–Crippen LogP) is 1.42. The summed E-state index contributed by atoms with van der Waals surface area (Å²) in [6, 6.07) is 1.93. The van der Waals surface area contributed by atoms with E-state index in [1.54, 1.807) is 6.20 Å². The summed E-state index contributed by atoms with van der Waals surface area (Å²) in [5, 5.41) is 7.37. The molecule has 7 heteroatoms. The molecule has 2 aromatic rings. The Bertz CT molecular complexity index is 663. The molecular formula is C16H23N5O2. The predicted molar refractivity (Wildman–Crippen MR) is 84.4 cm³/mol. The molecule has 1 amide bonds. The average Bonchev–Trinajstić information content (AvgIpc) is 3.21. The van der Waals surface area contributed by atoms with Gasteiger partial charge in [-0.05, 0) is 25.8 Å². The van der Waals surface area contributed by atoms with Gasteiger partial charge in [0.05, 0.1) is 18.2 Å². The Labute approximate surface area is 135 Å². The van der Waals surface area contributed by atoms with Crippen molar-refractivity contribution in [1.29, 1.82) is 0 Å². The topological polar surface area (TPSA) is 74.0 Å². The second kappa shape index (κ2) is 6.95. The molecule has 1 fully saturated rings. The summed E-state index contributed by atoms with van der Waals surface area (Å²) in [5.41, 5.74) is 0.866. The van der Waals surface area contributed by atoms with Gasteiger partial charge in [-0.3, -0.25) is 9.48 Å². The molecule has 0 aliphatic carbocycles. The van der Waals surface area contributed by atoms with Gasteiger partial charge < -0.3 is 14.6 Å². The van der Waals surface area contributed by atoms with Crippen LogP contribution in [0.2, 0.25) is 0 Å². The minimum Gasteiger partial charge on any atom is -0.369 e. The van der Waals surface area contributed by atoms with Crippen LogP contribution in [0, 0.1) is 5.92 Å². The highest BCUT2D eigenvalue weighted by atomic mass is 16.5. The van der Waals surface area contributed by atoms with Gasteiger partial charge in [-0.1, -0.05) is 0 Å². The average molecular weight is 317 g/mol. The molecule has 0 aromatic carbocycles. The minimum atomic E-state index is -0.281. The number of aromatic nitrogens is 4. The van der Waals surface area contributed by atoms with Gasteiger partial charge in [0.2, 0.25) is 5.91 Å². The van der Waals surface area contributed by atoms with Crippen molar-refractivity contribution in [3.63, 3.8) is 0 Å². The molecule has 0 unspecified atom stereocenters. The fraction of sp³-hybridized carbons (Fsp3) is 0.562. The zero-order valence-corrected chi connectivity index (χ0v) is 13.6. The van der Waals surface area contributed by atoms with Crippen molar-refractivity contribution in [3.05, 3.63) is 36.2 Å². The zero-order valence-electron chi connectivity index (χ0n) is 13.6. The lowest BCUT2D eigenvalue weighted by atomic mass is 9.92. The summed E-state index contributed by atoms with van der Waals surface area (Å²) < 4.78 is 9.61. The second-order valence-corrected chi connectivity index (χ2v) is 5.82. The van der Waals surface area contributed by atoms with E-state index < -0.39 is 0 Å². The fourth-order valence-corrected chi connectivity index (χ4v) is 2.94. The molecule has 7 nitrogen and oxygen atoms in total. The van der Waals surface area contributed by atoms with Crippen LogP contribution in [0.15, 0.2) is 24.7 Å². The van der Waals surface area contributed by atoms with Gasteiger partial charge in [-0.15, -0.1) is 0 Å². The molecule has 1 aliphatic rings. The van der Waals surface area contributed by atoms with Gasteiger partial charge in [-0.2, -0.15) is 5.10 Å². The molecule has 1 N–H and O–H groups in total. The Kier molecular flexibility index (Phi) is 4.76. The Hall–Kier alpha value is -2.15. The number of carbonyl (C=O) groups excluding carboxylic acids is 1. The number of nitrogens with zero attached hydrogens (tertiary/aromatic N) is 4. The molecule has 1 saturated heterocycles. The quantitative estimate of drug-likeness (QED) is 0.905. The summed E-state index contributed by atoms with van der Waals surface area (Å²) in [4.78, 5) is 16.9. The molecular weight excluding hydrogens is 294 g/mol. The summed E-state index contributed by atoms with van der Waals surface area (Å²) >= 11 is 0. The SMILES string of the molecule is CCn1ccc(CNC(=O)[C@@H]2CCCO[C@H]2c2nccn2C)n1. The maximum atomic E-state index is 12.6. The Morgan fingerprint density at radius 1 is 1.48 bits per heavy atom. The lowest BCUT2D eigenvalue weighted by molar-refractivity contribution is -0.135. The van der Waals surface area contributed by atoms with E-state index in [4.69, 9.17) is 4.74 Å². The number of aryl methyl sites for hydroxylation is 2. The first kappa shape index (κ1) is 15.7. The number of amides is 1.